The third-order valence-corrected chi connectivity index (χ3v) is 18.4. The van der Waals surface area contributed by atoms with Crippen molar-refractivity contribution in [3.8, 4) is 0 Å². The quantitative estimate of drug-likeness (QED) is 0.0233. The second-order valence-corrected chi connectivity index (χ2v) is 27.4. The number of Topliss-reactive ketones (excluding diaryl/α,β-unsaturated/α-hetero) is 3. The van der Waals surface area contributed by atoms with E-state index >= 15 is 0 Å². The summed E-state index contributed by atoms with van der Waals surface area (Å²) < 4.78 is 0. The van der Waals surface area contributed by atoms with Gasteiger partial charge < -0.3 is 145 Å². The fourth-order valence-corrected chi connectivity index (χ4v) is 11.3. The summed E-state index contributed by atoms with van der Waals surface area (Å²) in [6.45, 7) is -5.82. The lowest BCUT2D eigenvalue weighted by Gasteiger charge is -2.26. The first-order valence-electron chi connectivity index (χ1n) is 36.0. The lowest BCUT2D eigenvalue weighted by atomic mass is 9.89. The van der Waals surface area contributed by atoms with Gasteiger partial charge in [0.2, 0.25) is 41.4 Å². The maximum absolute atomic E-state index is 14.8. The zero-order valence-corrected chi connectivity index (χ0v) is 63.0. The van der Waals surface area contributed by atoms with Gasteiger partial charge in [-0.25, -0.2) is 19.6 Å². The van der Waals surface area contributed by atoms with Crippen molar-refractivity contribution in [3.05, 3.63) is 52.1 Å². The van der Waals surface area contributed by atoms with Crippen molar-refractivity contribution in [3.63, 3.8) is 0 Å². The van der Waals surface area contributed by atoms with Gasteiger partial charge in [-0.1, -0.05) is 0 Å². The molecule has 648 valence electrons. The second-order valence-electron chi connectivity index (χ2n) is 27.0. The summed E-state index contributed by atoms with van der Waals surface area (Å²) in [6, 6.07) is -2.18. The number of nitrogens with two attached hydrogens (primary N) is 1. The molecule has 0 radical (unpaired) electrons. The van der Waals surface area contributed by atoms with Gasteiger partial charge in [0.1, 0.15) is 72.8 Å². The number of fused-ring (bicyclic) bond motifs is 1. The monoisotopic (exact) mass is 1680 g/mol. The number of amides is 7. The number of aromatic nitrogens is 4. The van der Waals surface area contributed by atoms with E-state index in [2.05, 4.69) is 75.1 Å². The van der Waals surface area contributed by atoms with Crippen LogP contribution >= 0.6 is 12.6 Å². The molecular weight excluding hydrogens is 1570 g/mol. The fourth-order valence-electron chi connectivity index (χ4n) is 11.0. The van der Waals surface area contributed by atoms with E-state index < -0.39 is 345 Å². The SMILES string of the molecule is Nc1nc2ncc(CNc3ccc(C(=O)N[C@@H](CCC(=O)C[C@@H](CCC(=O)NC[C@H](O)[C@@H](O)[C@H](O)[C@H](O)CO)C(=O)N[C@@H](CCC(=O)O)C(=O)C[C@@H](CCC(=O)NC[C@H](O)[C@@H](O)[C@H](O)[C@H](O)CO)C(=O)N[C@@H](CCC(=O)O)C(=O)C[C@@H](CCC(=O)NC[C@H](O)[C@@H](O)[C@H](O)[C@H](O)CO)C(=O)N[C@H](CS)C(=O)O)C(=O)O)cc3)nc2c(=O)[nH]1. The molecule has 0 bridgehead atoms. The summed E-state index contributed by atoms with van der Waals surface area (Å²) in [5.41, 5.74) is 5.43. The normalized spacial score (nSPS) is 16.4. The van der Waals surface area contributed by atoms with Gasteiger partial charge in [0.25, 0.3) is 11.5 Å². The number of aliphatic carboxylic acids is 4. The minimum absolute atomic E-state index is 0.0111. The minimum Gasteiger partial charge on any atom is -0.481 e. The molecule has 116 heavy (non-hydrogen) atoms. The molecule has 0 aliphatic rings. The molecule has 1 aromatic carbocycles. The Kier molecular flexibility index (Phi) is 43.6. The van der Waals surface area contributed by atoms with Crippen molar-refractivity contribution >= 4 is 118 Å². The number of hydrogen-bond donors (Lipinski definition) is 30. The molecule has 0 unspecified atom stereocenters. The number of carboxylic acids is 4. The van der Waals surface area contributed by atoms with E-state index in [1.165, 1.54) is 30.5 Å². The van der Waals surface area contributed by atoms with E-state index in [4.69, 9.17) is 10.8 Å². The Hall–Kier alpha value is -10.0. The number of carbonyl (C=O) groups is 14. The van der Waals surface area contributed by atoms with Gasteiger partial charge in [-0.2, -0.15) is 17.6 Å². The number of benzene rings is 1. The van der Waals surface area contributed by atoms with Crippen LogP contribution < -0.4 is 53.8 Å². The fraction of sp³-hybridized carbons (Fsp3) is 0.618. The summed E-state index contributed by atoms with van der Waals surface area (Å²) in [4.78, 5) is 215. The zero-order chi connectivity index (χ0) is 87.4. The number of nitrogens with zero attached hydrogens (tertiary/aromatic N) is 3. The number of aliphatic hydroxyl groups excluding tert-OH is 15. The Morgan fingerprint density at radius 1 is 0.448 bits per heavy atom. The number of rotatable bonds is 58. The van der Waals surface area contributed by atoms with Crippen LogP contribution in [0.5, 0.6) is 0 Å². The number of carbonyl (C=O) groups excluding carboxylic acids is 10. The molecule has 48 heteroatoms. The first-order chi connectivity index (χ1) is 54.5. The number of H-pyrrole nitrogens is 1. The van der Waals surface area contributed by atoms with Crippen molar-refractivity contribution in [1.82, 2.24) is 57.2 Å². The molecule has 0 aliphatic heterocycles. The smallest absolute Gasteiger partial charge is 0.327 e. The third kappa shape index (κ3) is 34.4. The summed E-state index contributed by atoms with van der Waals surface area (Å²) >= 11 is 3.90. The zero-order valence-electron chi connectivity index (χ0n) is 62.1. The predicted molar refractivity (Wildman–Crippen MR) is 395 cm³/mol. The molecule has 2 aromatic heterocycles. The van der Waals surface area contributed by atoms with Gasteiger partial charge in [-0.3, -0.25) is 67.3 Å². The summed E-state index contributed by atoms with van der Waals surface area (Å²) in [5.74, 6) is -24.3. The molecule has 0 saturated heterocycles. The molecule has 0 fully saturated rings. The summed E-state index contributed by atoms with van der Waals surface area (Å²) in [5, 5.41) is 207. The van der Waals surface area contributed by atoms with Crippen molar-refractivity contribution in [2.75, 3.05) is 56.3 Å². The Bertz CT molecular complexity index is 3870. The third-order valence-electron chi connectivity index (χ3n) is 18.1. The van der Waals surface area contributed by atoms with Gasteiger partial charge in [0, 0.05) is 112 Å². The first-order valence-corrected chi connectivity index (χ1v) is 36.6. The van der Waals surface area contributed by atoms with Crippen LogP contribution in [0.4, 0.5) is 11.6 Å². The van der Waals surface area contributed by atoms with Gasteiger partial charge in [-0.15, -0.1) is 0 Å². The Balaban J connectivity index is 2.05. The average Bonchev–Trinajstić information content (AvgIpc) is 0.810. The van der Waals surface area contributed by atoms with Crippen molar-refractivity contribution in [2.45, 2.75) is 200 Å². The molecule has 2 heterocycles. The van der Waals surface area contributed by atoms with Crippen LogP contribution in [0.3, 0.4) is 0 Å². The summed E-state index contributed by atoms with van der Waals surface area (Å²) in [7, 11) is 0. The van der Waals surface area contributed by atoms with Crippen LogP contribution in [0.25, 0.3) is 11.2 Å². The van der Waals surface area contributed by atoms with Gasteiger partial charge >= 0.3 is 23.9 Å². The number of aromatic amines is 1. The van der Waals surface area contributed by atoms with Crippen LogP contribution in [-0.4, -0.2) is 342 Å². The number of ketones is 3. The van der Waals surface area contributed by atoms with E-state index in [-0.39, 0.29) is 29.2 Å². The van der Waals surface area contributed by atoms with Crippen LogP contribution in [0.15, 0.2) is 35.3 Å². The molecule has 30 N–H and O–H groups in total. The Morgan fingerprint density at radius 3 is 1.19 bits per heavy atom. The van der Waals surface area contributed by atoms with Crippen LogP contribution in [0, 0.1) is 17.8 Å². The van der Waals surface area contributed by atoms with Crippen LogP contribution in [0.1, 0.15) is 112 Å². The Labute approximate surface area is 663 Å². The first kappa shape index (κ1) is 100. The largest absolute Gasteiger partial charge is 0.481 e. The van der Waals surface area contributed by atoms with E-state index in [0.29, 0.717) is 11.4 Å². The highest BCUT2D eigenvalue weighted by Gasteiger charge is 2.38. The minimum atomic E-state index is -2.22. The molecule has 0 saturated carbocycles. The topological polar surface area (TPSA) is 817 Å². The van der Waals surface area contributed by atoms with Crippen LogP contribution in [0.2, 0.25) is 0 Å². The van der Waals surface area contributed by atoms with E-state index in [1.807, 2.05) is 0 Å². The molecule has 7 amide bonds. The molecule has 3 aromatic rings. The number of nitrogens with one attached hydrogen (secondary N) is 9. The maximum Gasteiger partial charge on any atom is 0.327 e. The number of anilines is 2. The molecule has 3 rings (SSSR count). The molecular formula is C68H101N13O34S. The summed E-state index contributed by atoms with van der Waals surface area (Å²) in [6.07, 6.45) is -36.5. The predicted octanol–water partition coefficient (Wildman–Crippen LogP) is -11.2. The maximum atomic E-state index is 14.8. The highest BCUT2D eigenvalue weighted by atomic mass is 32.1. The lowest BCUT2D eigenvalue weighted by molar-refractivity contribution is -0.142. The molecule has 0 aliphatic carbocycles. The Morgan fingerprint density at radius 2 is 0.819 bits per heavy atom. The average molecular weight is 1680 g/mol. The lowest BCUT2D eigenvalue weighted by Crippen LogP contribution is -2.50. The number of hydrogen-bond acceptors (Lipinski definition) is 36. The van der Waals surface area contributed by atoms with E-state index in [1.54, 1.807) is 0 Å². The van der Waals surface area contributed by atoms with E-state index in [9.17, 15) is 164 Å². The molecule has 0 spiro atoms. The van der Waals surface area contributed by atoms with Crippen molar-refractivity contribution in [2.24, 2.45) is 17.8 Å². The van der Waals surface area contributed by atoms with Crippen LogP contribution in [-0.2, 0) is 68.9 Å². The van der Waals surface area contributed by atoms with Gasteiger partial charge in [0.15, 0.2) is 22.7 Å². The van der Waals surface area contributed by atoms with Gasteiger partial charge in [-0.05, 0) is 62.8 Å². The molecule has 19 atom stereocenters. The number of thiol groups is 1. The number of nitrogen functional groups attached to an aromatic ring is 1. The highest BCUT2D eigenvalue weighted by molar-refractivity contribution is 7.80. The van der Waals surface area contributed by atoms with Gasteiger partial charge in [0.05, 0.1) is 68.7 Å². The highest BCUT2D eigenvalue weighted by Crippen LogP contribution is 2.23. The van der Waals surface area contributed by atoms with E-state index in [0.717, 1.165) is 0 Å². The van der Waals surface area contributed by atoms with Crippen molar-refractivity contribution in [1.29, 1.82) is 0 Å². The second kappa shape index (κ2) is 50.5. The standard InChI is InChI=1S/C68H101N13O34S/c69-68-80-60-53(65(111)81-68)75-34(21-74-60)20-70-33-6-1-29(2-7-33)61(107)78-38(66(112)113)9-8-35(85)17-30(3-12-48(94)71-22-42(88)54(101)57(104)45(91)25-82)62(108)76-36(10-15-51(97)98)40(86)18-31(4-13-49(95)72-23-43(89)55(102)58(105)46(92)26-83)63(109)77-37(11-16-52(99)100)41(87)19-32(64(110)79-39(28-116)67(114)115)5-14-50(96)73-24-44(90)56(103)59(106)47(93)27-84/h1-2,6-7,21,30-32,36-39,42-47,54-59,70,82-84,88-93,101-106,116H,3-5,8-20,22-28H2,(H,71,94)(H,72,95)(H,73,96)(H,76,108)(H,77,109)(H,78,107)(H,79,110)(H,97,98)(H,99,100)(H,112,113)(H,114,115)(H3,69,74,80,81,111)/t30-,31-,32-,36+,37+,38+,39-,42+,43+,44+,45-,46-,47-,54-,55-,56-,57-,58-,59-/m1/s1. The number of aliphatic hydroxyl groups is 15. The number of carboxylic acid groups (broad SMARTS) is 4. The van der Waals surface area contributed by atoms with Crippen molar-refractivity contribution < 1.29 is 164 Å². The molecule has 47 nitrogen and oxygen atoms in total.